The van der Waals surface area contributed by atoms with E-state index in [1.165, 1.54) is 29.5 Å². The zero-order valence-corrected chi connectivity index (χ0v) is 13.1. The van der Waals surface area contributed by atoms with E-state index in [0.29, 0.717) is 17.7 Å². The van der Waals surface area contributed by atoms with E-state index in [9.17, 15) is 0 Å². The van der Waals surface area contributed by atoms with Crippen molar-refractivity contribution in [1.82, 2.24) is 0 Å². The van der Waals surface area contributed by atoms with Crippen molar-refractivity contribution in [2.75, 3.05) is 0 Å². The monoisotopic (exact) mass is 286 g/mol. The Morgan fingerprint density at radius 3 is 2.10 bits per heavy atom. The Balaban J connectivity index is 2.06. The highest BCUT2D eigenvalue weighted by Crippen LogP contribution is 2.31. The lowest BCUT2D eigenvalue weighted by atomic mass is 9.84. The SMILES string of the molecule is CCC(CC(C)c1ccc(CCl)cc1)c1ccccc1. The smallest absolute Gasteiger partial charge is 0.0474 e. The second-order valence-corrected chi connectivity index (χ2v) is 5.80. The van der Waals surface area contributed by atoms with Crippen molar-refractivity contribution < 1.29 is 0 Å². The Kier molecular flexibility index (Phi) is 5.67. The first-order valence-corrected chi connectivity index (χ1v) is 7.97. The minimum absolute atomic E-state index is 0.574. The zero-order chi connectivity index (χ0) is 14.4. The first kappa shape index (κ1) is 15.1. The van der Waals surface area contributed by atoms with Gasteiger partial charge in [0.2, 0.25) is 0 Å². The molecule has 0 bridgehead atoms. The zero-order valence-electron chi connectivity index (χ0n) is 12.4. The van der Waals surface area contributed by atoms with Crippen LogP contribution >= 0.6 is 11.6 Å². The van der Waals surface area contributed by atoms with Gasteiger partial charge in [-0.3, -0.25) is 0 Å². The predicted molar refractivity (Wildman–Crippen MR) is 88.5 cm³/mol. The van der Waals surface area contributed by atoms with E-state index in [1.54, 1.807) is 0 Å². The van der Waals surface area contributed by atoms with Crippen molar-refractivity contribution in [1.29, 1.82) is 0 Å². The molecule has 0 aliphatic rings. The second-order valence-electron chi connectivity index (χ2n) is 5.53. The summed E-state index contributed by atoms with van der Waals surface area (Å²) in [4.78, 5) is 0. The van der Waals surface area contributed by atoms with Crippen LogP contribution in [0, 0.1) is 0 Å². The molecule has 2 rings (SSSR count). The van der Waals surface area contributed by atoms with Crippen LogP contribution in [0.1, 0.15) is 55.2 Å². The molecule has 106 valence electrons. The van der Waals surface area contributed by atoms with Gasteiger partial charge < -0.3 is 0 Å². The number of rotatable bonds is 6. The van der Waals surface area contributed by atoms with Gasteiger partial charge in [-0.15, -0.1) is 11.6 Å². The van der Waals surface area contributed by atoms with Crippen LogP contribution in [0.2, 0.25) is 0 Å². The van der Waals surface area contributed by atoms with Gasteiger partial charge in [0.05, 0.1) is 0 Å². The molecule has 0 fully saturated rings. The molecule has 0 radical (unpaired) electrons. The molecule has 0 nitrogen and oxygen atoms in total. The highest BCUT2D eigenvalue weighted by Gasteiger charge is 2.14. The van der Waals surface area contributed by atoms with Crippen molar-refractivity contribution >= 4 is 11.6 Å². The molecular formula is C19H23Cl. The summed E-state index contributed by atoms with van der Waals surface area (Å²) < 4.78 is 0. The van der Waals surface area contributed by atoms with E-state index in [1.807, 2.05) is 0 Å². The first-order valence-electron chi connectivity index (χ1n) is 7.44. The summed E-state index contributed by atoms with van der Waals surface area (Å²) in [5, 5.41) is 0. The first-order chi connectivity index (χ1) is 9.74. The summed E-state index contributed by atoms with van der Waals surface area (Å²) in [7, 11) is 0. The third kappa shape index (κ3) is 3.86. The number of hydrogen-bond donors (Lipinski definition) is 0. The Morgan fingerprint density at radius 2 is 1.55 bits per heavy atom. The van der Waals surface area contributed by atoms with E-state index in [4.69, 9.17) is 11.6 Å². The molecule has 20 heavy (non-hydrogen) atoms. The summed E-state index contributed by atoms with van der Waals surface area (Å²) >= 11 is 5.85. The molecule has 2 aromatic carbocycles. The summed E-state index contributed by atoms with van der Waals surface area (Å²) in [6.07, 6.45) is 2.38. The minimum atomic E-state index is 0.574. The molecule has 0 aliphatic heterocycles. The maximum atomic E-state index is 5.85. The fourth-order valence-corrected chi connectivity index (χ4v) is 2.94. The molecule has 0 spiro atoms. The predicted octanol–water partition coefficient (Wildman–Crippen LogP) is 6.11. The van der Waals surface area contributed by atoms with Gasteiger partial charge in [-0.25, -0.2) is 0 Å². The fraction of sp³-hybridized carbons (Fsp3) is 0.368. The van der Waals surface area contributed by atoms with Gasteiger partial charge >= 0.3 is 0 Å². The van der Waals surface area contributed by atoms with Crippen molar-refractivity contribution in [3.05, 3.63) is 71.3 Å². The Morgan fingerprint density at radius 1 is 0.900 bits per heavy atom. The van der Waals surface area contributed by atoms with Gasteiger partial charge in [0.15, 0.2) is 0 Å². The molecule has 0 heterocycles. The molecule has 0 saturated heterocycles. The van der Waals surface area contributed by atoms with Crippen LogP contribution in [0.5, 0.6) is 0 Å². The van der Waals surface area contributed by atoms with E-state index < -0.39 is 0 Å². The summed E-state index contributed by atoms with van der Waals surface area (Å²) in [5.74, 6) is 1.81. The van der Waals surface area contributed by atoms with Crippen LogP contribution in [0.25, 0.3) is 0 Å². The number of benzene rings is 2. The molecular weight excluding hydrogens is 264 g/mol. The van der Waals surface area contributed by atoms with E-state index in [-0.39, 0.29) is 0 Å². The third-order valence-electron chi connectivity index (χ3n) is 4.10. The Bertz CT molecular complexity index is 501. The lowest BCUT2D eigenvalue weighted by molar-refractivity contribution is 0.544. The number of halogens is 1. The minimum Gasteiger partial charge on any atom is -0.122 e. The quantitative estimate of drug-likeness (QED) is 0.562. The van der Waals surface area contributed by atoms with Gasteiger partial charge in [-0.1, -0.05) is 68.4 Å². The Hall–Kier alpha value is -1.27. The molecule has 0 amide bonds. The summed E-state index contributed by atoms with van der Waals surface area (Å²) in [6, 6.07) is 19.6. The highest BCUT2D eigenvalue weighted by atomic mass is 35.5. The molecule has 2 atom stereocenters. The van der Waals surface area contributed by atoms with Gasteiger partial charge in [-0.2, -0.15) is 0 Å². The number of alkyl halides is 1. The van der Waals surface area contributed by atoms with Crippen LogP contribution in [0.15, 0.2) is 54.6 Å². The summed E-state index contributed by atoms with van der Waals surface area (Å²) in [5.41, 5.74) is 4.06. The van der Waals surface area contributed by atoms with Crippen LogP contribution < -0.4 is 0 Å². The van der Waals surface area contributed by atoms with Crippen LogP contribution in [-0.2, 0) is 5.88 Å². The fourth-order valence-electron chi connectivity index (χ4n) is 2.76. The molecule has 0 saturated carbocycles. The second kappa shape index (κ2) is 7.50. The van der Waals surface area contributed by atoms with Crippen molar-refractivity contribution in [3.63, 3.8) is 0 Å². The highest BCUT2D eigenvalue weighted by molar-refractivity contribution is 6.17. The van der Waals surface area contributed by atoms with Gasteiger partial charge in [0.1, 0.15) is 0 Å². The van der Waals surface area contributed by atoms with E-state index in [2.05, 4.69) is 68.4 Å². The topological polar surface area (TPSA) is 0 Å². The molecule has 2 unspecified atom stereocenters. The van der Waals surface area contributed by atoms with Gasteiger partial charge in [0.25, 0.3) is 0 Å². The van der Waals surface area contributed by atoms with Crippen molar-refractivity contribution in [3.8, 4) is 0 Å². The maximum absolute atomic E-state index is 5.85. The van der Waals surface area contributed by atoms with E-state index in [0.717, 1.165) is 0 Å². The lowest BCUT2D eigenvalue weighted by Crippen LogP contribution is -2.03. The van der Waals surface area contributed by atoms with Gasteiger partial charge in [-0.05, 0) is 41.4 Å². The van der Waals surface area contributed by atoms with Crippen molar-refractivity contribution in [2.24, 2.45) is 0 Å². The maximum Gasteiger partial charge on any atom is 0.0474 e. The number of hydrogen-bond acceptors (Lipinski definition) is 0. The van der Waals surface area contributed by atoms with Crippen LogP contribution in [-0.4, -0.2) is 0 Å². The molecule has 2 aromatic rings. The van der Waals surface area contributed by atoms with Crippen LogP contribution in [0.3, 0.4) is 0 Å². The lowest BCUT2D eigenvalue weighted by Gasteiger charge is -2.20. The van der Waals surface area contributed by atoms with Gasteiger partial charge in [0, 0.05) is 5.88 Å². The molecule has 0 aromatic heterocycles. The molecule has 0 N–H and O–H groups in total. The average molecular weight is 287 g/mol. The van der Waals surface area contributed by atoms with Crippen molar-refractivity contribution in [2.45, 2.75) is 44.4 Å². The molecule has 0 aliphatic carbocycles. The normalized spacial score (nSPS) is 13.9. The average Bonchev–Trinajstić information content (AvgIpc) is 2.53. The Labute approximate surface area is 127 Å². The molecule has 1 heteroatoms. The standard InChI is InChI=1S/C19H23Cl/c1-3-17(19-7-5-4-6-8-19)13-15(2)18-11-9-16(14-20)10-12-18/h4-12,15,17H,3,13-14H2,1-2H3. The summed E-state index contributed by atoms with van der Waals surface area (Å²) in [6.45, 7) is 4.60. The van der Waals surface area contributed by atoms with E-state index >= 15 is 0 Å². The third-order valence-corrected chi connectivity index (χ3v) is 4.41. The largest absolute Gasteiger partial charge is 0.122 e. The van der Waals surface area contributed by atoms with Crippen LogP contribution in [0.4, 0.5) is 0 Å².